The first kappa shape index (κ1) is 23.7. The van der Waals surface area contributed by atoms with E-state index < -0.39 is 5.54 Å². The van der Waals surface area contributed by atoms with Crippen molar-refractivity contribution in [2.45, 2.75) is 51.0 Å². The molecule has 0 aliphatic heterocycles. The molecule has 1 aromatic carbocycles. The summed E-state index contributed by atoms with van der Waals surface area (Å²) >= 11 is 7.76. The first-order valence-electron chi connectivity index (χ1n) is 9.77. The van der Waals surface area contributed by atoms with Crippen molar-refractivity contribution >= 4 is 28.7 Å². The monoisotopic (exact) mass is 439 g/mol. The summed E-state index contributed by atoms with van der Waals surface area (Å²) in [6.07, 6.45) is 3.96. The lowest BCUT2D eigenvalue weighted by atomic mass is 9.92. The molecule has 0 unspecified atom stereocenters. The Morgan fingerprint density at radius 2 is 1.93 bits per heavy atom. The molecule has 7 heteroatoms. The molecule has 160 valence electrons. The van der Waals surface area contributed by atoms with E-state index in [2.05, 4.69) is 0 Å². The van der Waals surface area contributed by atoms with Crippen LogP contribution in [0.1, 0.15) is 52.7 Å². The minimum atomic E-state index is -0.600. The predicted octanol–water partition coefficient (Wildman–Crippen LogP) is 4.66. The van der Waals surface area contributed by atoms with Gasteiger partial charge in [-0.05, 0) is 55.9 Å². The molecule has 0 radical (unpaired) electrons. The Morgan fingerprint density at radius 3 is 2.55 bits per heavy atom. The van der Waals surface area contributed by atoms with E-state index in [9.17, 15) is 9.90 Å². The van der Waals surface area contributed by atoms with Gasteiger partial charge in [-0.15, -0.1) is 11.3 Å². The Kier molecular flexibility index (Phi) is 8.96. The van der Waals surface area contributed by atoms with Crippen LogP contribution >= 0.6 is 22.9 Å². The summed E-state index contributed by atoms with van der Waals surface area (Å²) in [6, 6.07) is 7.56. The largest absolute Gasteiger partial charge is 0.493 e. The Balaban J connectivity index is 1.91. The number of aliphatic hydroxyl groups excluding tert-OH is 1. The van der Waals surface area contributed by atoms with Gasteiger partial charge in [0.15, 0.2) is 17.3 Å². The number of thiophene rings is 1. The minimum Gasteiger partial charge on any atom is -0.493 e. The quantitative estimate of drug-likeness (QED) is 0.470. The van der Waals surface area contributed by atoms with Crippen molar-refractivity contribution in [2.75, 3.05) is 20.8 Å². The molecule has 0 amide bonds. The fourth-order valence-electron chi connectivity index (χ4n) is 3.06. The fourth-order valence-corrected chi connectivity index (χ4v) is 4.46. The van der Waals surface area contributed by atoms with Crippen LogP contribution in [-0.4, -0.2) is 37.3 Å². The number of ketones is 1. The summed E-state index contributed by atoms with van der Waals surface area (Å²) < 4.78 is 10.6. The number of hydrogen-bond acceptors (Lipinski definition) is 6. The Hall–Kier alpha value is -1.60. The molecule has 0 bridgehead atoms. The molecule has 2 rings (SSSR count). The molecule has 1 atom stereocenters. The van der Waals surface area contributed by atoms with Gasteiger partial charge in [-0.2, -0.15) is 0 Å². The molecule has 3 N–H and O–H groups in total. The number of halogens is 1. The van der Waals surface area contributed by atoms with Crippen LogP contribution < -0.4 is 15.2 Å². The summed E-state index contributed by atoms with van der Waals surface area (Å²) in [7, 11) is 3.22. The van der Waals surface area contributed by atoms with Gasteiger partial charge in [-0.25, -0.2) is 0 Å². The van der Waals surface area contributed by atoms with E-state index >= 15 is 0 Å². The van der Waals surface area contributed by atoms with Crippen molar-refractivity contribution in [1.29, 1.82) is 0 Å². The SMILES string of the molecule is CC[C@](N)(CO)CCc1sc(C(=O)CCCc2ccc(OC)c(OC)c2)cc1Cl. The molecule has 0 saturated carbocycles. The van der Waals surface area contributed by atoms with Gasteiger partial charge in [0.05, 0.1) is 30.7 Å². The van der Waals surface area contributed by atoms with Crippen molar-refractivity contribution in [2.24, 2.45) is 5.73 Å². The highest BCUT2D eigenvalue weighted by atomic mass is 35.5. The summed E-state index contributed by atoms with van der Waals surface area (Å²) in [6.45, 7) is 1.90. The smallest absolute Gasteiger partial charge is 0.172 e. The molecular formula is C22H30ClNO4S. The number of rotatable bonds is 12. The summed E-state index contributed by atoms with van der Waals surface area (Å²) in [5.41, 5.74) is 6.65. The van der Waals surface area contributed by atoms with Gasteiger partial charge < -0.3 is 20.3 Å². The van der Waals surface area contributed by atoms with Crippen molar-refractivity contribution in [3.05, 3.63) is 44.6 Å². The first-order chi connectivity index (χ1) is 13.9. The first-order valence-corrected chi connectivity index (χ1v) is 11.0. The molecular weight excluding hydrogens is 410 g/mol. The van der Waals surface area contributed by atoms with E-state index in [1.165, 1.54) is 11.3 Å². The maximum atomic E-state index is 12.6. The lowest BCUT2D eigenvalue weighted by Crippen LogP contribution is -2.43. The Labute approximate surface area is 181 Å². The number of Topliss-reactive ketones (excluding diaryl/α,β-unsaturated/α-hetero) is 1. The normalized spacial score (nSPS) is 13.2. The number of aliphatic hydroxyl groups is 1. The second kappa shape index (κ2) is 11.0. The number of hydrogen-bond donors (Lipinski definition) is 2. The summed E-state index contributed by atoms with van der Waals surface area (Å²) in [5, 5.41) is 10.1. The van der Waals surface area contributed by atoms with E-state index in [4.69, 9.17) is 26.8 Å². The molecule has 0 aliphatic rings. The van der Waals surface area contributed by atoms with Crippen LogP contribution in [0.2, 0.25) is 5.02 Å². The van der Waals surface area contributed by atoms with Crippen molar-refractivity contribution < 1.29 is 19.4 Å². The van der Waals surface area contributed by atoms with E-state index in [1.54, 1.807) is 20.3 Å². The lowest BCUT2D eigenvalue weighted by molar-refractivity contribution is 0.0984. The van der Waals surface area contributed by atoms with Crippen LogP contribution in [0.15, 0.2) is 24.3 Å². The maximum absolute atomic E-state index is 12.6. The van der Waals surface area contributed by atoms with Gasteiger partial charge in [-0.1, -0.05) is 24.6 Å². The number of ether oxygens (including phenoxy) is 2. The van der Waals surface area contributed by atoms with Crippen LogP contribution in [0.5, 0.6) is 11.5 Å². The van der Waals surface area contributed by atoms with E-state index in [1.807, 2.05) is 25.1 Å². The highest BCUT2D eigenvalue weighted by molar-refractivity contribution is 7.14. The summed E-state index contributed by atoms with van der Waals surface area (Å²) in [5.74, 6) is 1.48. The van der Waals surface area contributed by atoms with Crippen LogP contribution in [0.3, 0.4) is 0 Å². The van der Waals surface area contributed by atoms with E-state index in [-0.39, 0.29) is 12.4 Å². The molecule has 1 aromatic heterocycles. The Morgan fingerprint density at radius 1 is 1.21 bits per heavy atom. The van der Waals surface area contributed by atoms with Crippen LogP contribution in [0, 0.1) is 0 Å². The fraction of sp³-hybridized carbons (Fsp3) is 0.500. The molecule has 0 saturated heterocycles. The van der Waals surface area contributed by atoms with Crippen molar-refractivity contribution in [1.82, 2.24) is 0 Å². The Bertz CT molecular complexity index is 817. The number of aryl methyl sites for hydroxylation is 2. The average molecular weight is 440 g/mol. The van der Waals surface area contributed by atoms with E-state index in [0.717, 1.165) is 23.3 Å². The van der Waals surface area contributed by atoms with Crippen LogP contribution in [0.25, 0.3) is 0 Å². The zero-order valence-electron chi connectivity index (χ0n) is 17.3. The molecule has 0 fully saturated rings. The third-order valence-corrected chi connectivity index (χ3v) is 6.90. The number of carbonyl (C=O) groups is 1. The molecule has 0 aliphatic carbocycles. The molecule has 29 heavy (non-hydrogen) atoms. The molecule has 0 spiro atoms. The highest BCUT2D eigenvalue weighted by Crippen LogP contribution is 2.31. The second-order valence-corrected chi connectivity index (χ2v) is 8.77. The zero-order valence-corrected chi connectivity index (χ0v) is 18.9. The predicted molar refractivity (Wildman–Crippen MR) is 119 cm³/mol. The van der Waals surface area contributed by atoms with Gasteiger partial charge in [0.25, 0.3) is 0 Å². The molecule has 5 nitrogen and oxygen atoms in total. The average Bonchev–Trinajstić information content (AvgIpc) is 3.12. The topological polar surface area (TPSA) is 81.8 Å². The third kappa shape index (κ3) is 6.44. The number of methoxy groups -OCH3 is 2. The summed E-state index contributed by atoms with van der Waals surface area (Å²) in [4.78, 5) is 14.2. The third-order valence-electron chi connectivity index (χ3n) is 5.22. The standard InChI is InChI=1S/C22H30ClNO4S/c1-4-22(24,14-25)11-10-20-16(23)13-21(29-20)17(26)7-5-6-15-8-9-18(27-2)19(12-15)28-3/h8-9,12-13,25H,4-7,10-11,14,24H2,1-3H3/t22-/m1/s1. The number of nitrogens with two attached hydrogens (primary N) is 1. The van der Waals surface area contributed by atoms with Gasteiger partial charge in [0, 0.05) is 16.8 Å². The van der Waals surface area contributed by atoms with E-state index in [0.29, 0.717) is 47.1 Å². The van der Waals surface area contributed by atoms with Crippen molar-refractivity contribution in [3.63, 3.8) is 0 Å². The zero-order chi connectivity index (χ0) is 21.4. The van der Waals surface area contributed by atoms with Gasteiger partial charge in [0.2, 0.25) is 0 Å². The molecule has 1 heterocycles. The molecule has 2 aromatic rings. The maximum Gasteiger partial charge on any atom is 0.172 e. The number of benzene rings is 1. The van der Waals surface area contributed by atoms with Gasteiger partial charge >= 0.3 is 0 Å². The minimum absolute atomic E-state index is 0.0611. The van der Waals surface area contributed by atoms with Crippen LogP contribution in [-0.2, 0) is 12.8 Å². The van der Waals surface area contributed by atoms with Crippen LogP contribution in [0.4, 0.5) is 0 Å². The van der Waals surface area contributed by atoms with Crippen molar-refractivity contribution in [3.8, 4) is 11.5 Å². The number of carbonyl (C=O) groups excluding carboxylic acids is 1. The van der Waals surface area contributed by atoms with Gasteiger partial charge in [0.1, 0.15) is 0 Å². The van der Waals surface area contributed by atoms with Gasteiger partial charge in [-0.3, -0.25) is 4.79 Å². The highest BCUT2D eigenvalue weighted by Gasteiger charge is 2.23. The lowest BCUT2D eigenvalue weighted by Gasteiger charge is -2.25. The second-order valence-electron chi connectivity index (χ2n) is 7.22.